The maximum Gasteiger partial charge on any atom is 2.00 e. The van der Waals surface area contributed by atoms with Crippen LogP contribution in [0.25, 0.3) is 0 Å². The van der Waals surface area contributed by atoms with Crippen molar-refractivity contribution in [2.75, 3.05) is 12.8 Å². The van der Waals surface area contributed by atoms with E-state index in [0.29, 0.717) is 0 Å². The van der Waals surface area contributed by atoms with Crippen molar-refractivity contribution < 1.29 is 24.3 Å². The Balaban J connectivity index is 0. The molecule has 0 atom stereocenters. The Labute approximate surface area is 79.3 Å². The van der Waals surface area contributed by atoms with Crippen molar-refractivity contribution in [3.05, 3.63) is 0 Å². The molecule has 0 aliphatic carbocycles. The van der Waals surface area contributed by atoms with Crippen LogP contribution in [-0.2, 0) is 9.36 Å². The maximum atomic E-state index is 10.1. The van der Waals surface area contributed by atoms with Crippen LogP contribution < -0.4 is 5.32 Å². The van der Waals surface area contributed by atoms with Crippen molar-refractivity contribution in [1.29, 1.82) is 0 Å². The summed E-state index contributed by atoms with van der Waals surface area (Å²) in [5, 5.41) is 10.1. The minimum absolute atomic E-state index is 0. The second-order valence-electron chi connectivity index (χ2n) is 1.64. The quantitative estimate of drug-likeness (QED) is 0.317. The molecule has 0 aromatic heterocycles. The van der Waals surface area contributed by atoms with Crippen molar-refractivity contribution in [2.24, 2.45) is 0 Å². The summed E-state index contributed by atoms with van der Waals surface area (Å²) in [6.45, 7) is -0.439. The molecule has 0 aromatic carbocycles. The van der Waals surface area contributed by atoms with Crippen LogP contribution in [0.5, 0.6) is 0 Å². The zero-order chi connectivity index (χ0) is 8.20. The number of carboxylic acids is 1. The number of hydrogen-bond donors (Lipinski definition) is 4. The summed E-state index contributed by atoms with van der Waals surface area (Å²) in [5.74, 6) is -1.14. The summed E-state index contributed by atoms with van der Waals surface area (Å²) in [5.41, 5.74) is 0. The summed E-state index contributed by atoms with van der Waals surface area (Å²) < 4.78 is 10.1. The molecular formula is C3H8MgNO5P+2. The molecule has 0 aliphatic heterocycles. The van der Waals surface area contributed by atoms with Crippen molar-refractivity contribution in [3.8, 4) is 0 Å². The van der Waals surface area contributed by atoms with Gasteiger partial charge in [0, 0.05) is 0 Å². The fourth-order valence-electron chi connectivity index (χ4n) is 0.308. The summed E-state index contributed by atoms with van der Waals surface area (Å²) >= 11 is 0. The molecule has 8 heteroatoms. The molecule has 0 aromatic rings. The summed E-state index contributed by atoms with van der Waals surface area (Å²) in [7, 11) is -4.10. The molecule has 0 bridgehead atoms. The van der Waals surface area contributed by atoms with Crippen LogP contribution in [0, 0.1) is 0 Å². The fraction of sp³-hybridized carbons (Fsp3) is 0.667. The average Bonchev–Trinajstić information content (AvgIpc) is 1.59. The standard InChI is InChI=1S/C3H8NO5P.Mg/c5-3(6)1-4-2-10(7,8)9;/h4H,1-2H2,(H,5,6)(H2,7,8,9);/q;+2. The molecular weight excluding hydrogens is 185 g/mol. The number of hydrogen-bond acceptors (Lipinski definition) is 3. The minimum atomic E-state index is -4.10. The van der Waals surface area contributed by atoms with Crippen molar-refractivity contribution >= 4 is 36.6 Å². The maximum absolute atomic E-state index is 10.1. The normalized spacial score (nSPS) is 10.4. The first-order valence-corrected chi connectivity index (χ1v) is 4.18. The van der Waals surface area contributed by atoms with E-state index in [9.17, 15) is 9.36 Å². The second-order valence-corrected chi connectivity index (χ2v) is 3.29. The van der Waals surface area contributed by atoms with E-state index < -0.39 is 26.4 Å². The van der Waals surface area contributed by atoms with E-state index >= 15 is 0 Å². The van der Waals surface area contributed by atoms with E-state index in [1.165, 1.54) is 0 Å². The van der Waals surface area contributed by atoms with Gasteiger partial charge in [-0.05, 0) is 0 Å². The molecule has 0 saturated heterocycles. The molecule has 0 unspecified atom stereocenters. The monoisotopic (exact) mass is 193 g/mol. The molecule has 0 aliphatic rings. The van der Waals surface area contributed by atoms with Crippen molar-refractivity contribution in [2.45, 2.75) is 0 Å². The van der Waals surface area contributed by atoms with Gasteiger partial charge in [-0.25, -0.2) is 0 Å². The Kier molecular flexibility index (Phi) is 7.49. The third kappa shape index (κ3) is 13.4. The van der Waals surface area contributed by atoms with E-state index in [1.54, 1.807) is 0 Å². The molecule has 0 radical (unpaired) electrons. The van der Waals surface area contributed by atoms with Gasteiger partial charge in [0.05, 0.1) is 12.8 Å². The minimum Gasteiger partial charge on any atom is -0.480 e. The number of carboxylic acid groups (broad SMARTS) is 1. The van der Waals surface area contributed by atoms with Crippen LogP contribution in [0.4, 0.5) is 0 Å². The SMILES string of the molecule is O=C(O)CNCP(=O)(O)O.[Mg+2]. The van der Waals surface area contributed by atoms with Gasteiger partial charge in [-0.1, -0.05) is 0 Å². The fourth-order valence-corrected chi connectivity index (χ4v) is 0.712. The zero-order valence-electron chi connectivity index (χ0n) is 5.73. The number of rotatable bonds is 4. The van der Waals surface area contributed by atoms with Crippen molar-refractivity contribution in [3.63, 3.8) is 0 Å². The van der Waals surface area contributed by atoms with Gasteiger partial charge in [-0.3, -0.25) is 14.7 Å². The van der Waals surface area contributed by atoms with Crippen LogP contribution in [0.15, 0.2) is 0 Å². The first-order chi connectivity index (χ1) is 4.42. The third-order valence-corrected chi connectivity index (χ3v) is 1.23. The van der Waals surface area contributed by atoms with E-state index in [-0.39, 0.29) is 23.1 Å². The molecule has 6 nitrogen and oxygen atoms in total. The van der Waals surface area contributed by atoms with E-state index in [4.69, 9.17) is 14.9 Å². The van der Waals surface area contributed by atoms with Crippen molar-refractivity contribution in [1.82, 2.24) is 5.32 Å². The first-order valence-electron chi connectivity index (χ1n) is 2.39. The number of aliphatic carboxylic acids is 1. The molecule has 4 N–H and O–H groups in total. The van der Waals surface area contributed by atoms with Crippen LogP contribution in [-0.4, -0.2) is 56.7 Å². The smallest absolute Gasteiger partial charge is 0.480 e. The van der Waals surface area contributed by atoms with E-state index in [2.05, 4.69) is 5.32 Å². The van der Waals surface area contributed by atoms with Gasteiger partial charge in [-0.2, -0.15) is 0 Å². The third-order valence-electron chi connectivity index (χ3n) is 0.594. The Bertz CT molecular complexity index is 167. The predicted molar refractivity (Wildman–Crippen MR) is 38.3 cm³/mol. The van der Waals surface area contributed by atoms with Crippen LogP contribution >= 0.6 is 7.60 Å². The molecule has 11 heavy (non-hydrogen) atoms. The molecule has 0 rings (SSSR count). The van der Waals surface area contributed by atoms with Gasteiger partial charge >= 0.3 is 36.6 Å². The van der Waals surface area contributed by atoms with Crippen LogP contribution in [0.3, 0.4) is 0 Å². The van der Waals surface area contributed by atoms with Gasteiger partial charge in [-0.15, -0.1) is 0 Å². The number of carbonyl (C=O) groups is 1. The zero-order valence-corrected chi connectivity index (χ0v) is 8.04. The Morgan fingerprint density at radius 1 is 1.45 bits per heavy atom. The van der Waals surface area contributed by atoms with Gasteiger partial charge < -0.3 is 14.9 Å². The topological polar surface area (TPSA) is 107 Å². The summed E-state index contributed by atoms with van der Waals surface area (Å²) in [6, 6.07) is 0. The first kappa shape index (κ1) is 13.9. The van der Waals surface area contributed by atoms with Gasteiger partial charge in [0.25, 0.3) is 0 Å². The Hall–Kier alpha value is 0.346. The van der Waals surface area contributed by atoms with Gasteiger partial charge in [0.1, 0.15) is 0 Å². The van der Waals surface area contributed by atoms with Gasteiger partial charge in [0.15, 0.2) is 0 Å². The largest absolute Gasteiger partial charge is 2.00 e. The summed E-state index contributed by atoms with van der Waals surface area (Å²) in [6.07, 6.45) is -0.598. The summed E-state index contributed by atoms with van der Waals surface area (Å²) in [4.78, 5) is 26.1. The van der Waals surface area contributed by atoms with Gasteiger partial charge in [0.2, 0.25) is 0 Å². The average molecular weight is 193 g/mol. The van der Waals surface area contributed by atoms with E-state index in [1.807, 2.05) is 0 Å². The second kappa shape index (κ2) is 5.93. The molecule has 60 valence electrons. The van der Waals surface area contributed by atoms with E-state index in [0.717, 1.165) is 0 Å². The molecule has 0 fully saturated rings. The van der Waals surface area contributed by atoms with Crippen LogP contribution in [0.1, 0.15) is 0 Å². The predicted octanol–water partition coefficient (Wildman–Crippen LogP) is -1.58. The number of nitrogens with one attached hydrogen (secondary N) is 1. The Morgan fingerprint density at radius 2 is 1.91 bits per heavy atom. The molecule has 0 saturated carbocycles. The molecule has 0 spiro atoms. The van der Waals surface area contributed by atoms with Crippen LogP contribution in [0.2, 0.25) is 0 Å². The Morgan fingerprint density at radius 3 is 2.18 bits per heavy atom. The molecule has 0 heterocycles. The molecule has 0 amide bonds.